The molecule has 90 valence electrons. The fourth-order valence-corrected chi connectivity index (χ4v) is 2.51. The van der Waals surface area contributed by atoms with Crippen LogP contribution in [0.4, 0.5) is 0 Å². The fourth-order valence-electron chi connectivity index (χ4n) is 2.51. The molecule has 1 aromatic rings. The van der Waals surface area contributed by atoms with Crippen molar-refractivity contribution < 1.29 is 0 Å². The lowest BCUT2D eigenvalue weighted by Crippen LogP contribution is -2.56. The standard InChI is InChI=1S/C15H20N2/c1-11(7-12-5-3-2-4-6-12)14-8-15(14)17-13-9-16-10-13/h2-7,13-17H,8-10H2,1H3. The second-order valence-electron chi connectivity index (χ2n) is 5.27. The van der Waals surface area contributed by atoms with E-state index >= 15 is 0 Å². The van der Waals surface area contributed by atoms with Crippen LogP contribution in [0.5, 0.6) is 0 Å². The van der Waals surface area contributed by atoms with Crippen LogP contribution in [0, 0.1) is 5.92 Å². The van der Waals surface area contributed by atoms with Gasteiger partial charge in [-0.2, -0.15) is 0 Å². The first kappa shape index (κ1) is 11.0. The van der Waals surface area contributed by atoms with E-state index in [1.807, 2.05) is 0 Å². The molecule has 0 amide bonds. The van der Waals surface area contributed by atoms with Gasteiger partial charge in [0.05, 0.1) is 0 Å². The van der Waals surface area contributed by atoms with Crippen molar-refractivity contribution in [2.45, 2.75) is 25.4 Å². The third-order valence-electron chi connectivity index (χ3n) is 3.80. The molecular weight excluding hydrogens is 208 g/mol. The van der Waals surface area contributed by atoms with E-state index in [0.29, 0.717) is 0 Å². The Morgan fingerprint density at radius 3 is 2.71 bits per heavy atom. The molecule has 1 saturated carbocycles. The average molecular weight is 228 g/mol. The predicted molar refractivity (Wildman–Crippen MR) is 71.8 cm³/mol. The highest BCUT2D eigenvalue weighted by Crippen LogP contribution is 2.38. The van der Waals surface area contributed by atoms with Crippen LogP contribution >= 0.6 is 0 Å². The molecule has 2 N–H and O–H groups in total. The first-order valence-corrected chi connectivity index (χ1v) is 6.53. The number of hydrogen-bond acceptors (Lipinski definition) is 2. The molecule has 17 heavy (non-hydrogen) atoms. The maximum absolute atomic E-state index is 3.70. The Bertz CT molecular complexity index is 406. The normalized spacial score (nSPS) is 28.9. The van der Waals surface area contributed by atoms with Crippen molar-refractivity contribution in [1.29, 1.82) is 0 Å². The topological polar surface area (TPSA) is 24.1 Å². The second-order valence-corrected chi connectivity index (χ2v) is 5.27. The van der Waals surface area contributed by atoms with E-state index in [1.165, 1.54) is 17.6 Å². The third-order valence-corrected chi connectivity index (χ3v) is 3.80. The minimum Gasteiger partial charge on any atom is -0.314 e. The van der Waals surface area contributed by atoms with Crippen molar-refractivity contribution in [2.75, 3.05) is 13.1 Å². The molecule has 2 fully saturated rings. The van der Waals surface area contributed by atoms with Crippen molar-refractivity contribution >= 4 is 6.08 Å². The number of hydrogen-bond donors (Lipinski definition) is 2. The SMILES string of the molecule is CC(=Cc1ccccc1)C1CC1NC1CNC1. The van der Waals surface area contributed by atoms with E-state index in [2.05, 4.69) is 54.0 Å². The van der Waals surface area contributed by atoms with Crippen molar-refractivity contribution in [2.24, 2.45) is 5.92 Å². The van der Waals surface area contributed by atoms with Crippen LogP contribution in [0.3, 0.4) is 0 Å². The summed E-state index contributed by atoms with van der Waals surface area (Å²) in [6.07, 6.45) is 3.64. The molecule has 1 aliphatic carbocycles. The molecule has 2 unspecified atom stereocenters. The molecule has 1 saturated heterocycles. The van der Waals surface area contributed by atoms with Gasteiger partial charge in [0, 0.05) is 25.2 Å². The maximum Gasteiger partial charge on any atom is 0.0320 e. The van der Waals surface area contributed by atoms with Gasteiger partial charge in [0.1, 0.15) is 0 Å². The molecule has 1 aliphatic heterocycles. The summed E-state index contributed by atoms with van der Waals surface area (Å²) >= 11 is 0. The lowest BCUT2D eigenvalue weighted by atomic mass is 10.1. The van der Waals surface area contributed by atoms with Gasteiger partial charge < -0.3 is 10.6 Å². The van der Waals surface area contributed by atoms with E-state index in [0.717, 1.165) is 31.1 Å². The Morgan fingerprint density at radius 2 is 2.06 bits per heavy atom. The molecule has 2 atom stereocenters. The molecule has 0 aromatic heterocycles. The zero-order chi connectivity index (χ0) is 11.7. The monoisotopic (exact) mass is 228 g/mol. The lowest BCUT2D eigenvalue weighted by molar-refractivity contribution is 0.360. The summed E-state index contributed by atoms with van der Waals surface area (Å²) in [6.45, 7) is 4.55. The van der Waals surface area contributed by atoms with E-state index in [-0.39, 0.29) is 0 Å². The van der Waals surface area contributed by atoms with Crippen LogP contribution in [0.1, 0.15) is 18.9 Å². The average Bonchev–Trinajstić information content (AvgIpc) is 3.04. The molecule has 3 rings (SSSR count). The van der Waals surface area contributed by atoms with Gasteiger partial charge in [-0.25, -0.2) is 0 Å². The van der Waals surface area contributed by atoms with Gasteiger partial charge in [-0.3, -0.25) is 0 Å². The minimum atomic E-state index is 0.717. The van der Waals surface area contributed by atoms with Crippen LogP contribution < -0.4 is 10.6 Å². The van der Waals surface area contributed by atoms with Gasteiger partial charge >= 0.3 is 0 Å². The van der Waals surface area contributed by atoms with Gasteiger partial charge in [-0.15, -0.1) is 0 Å². The quantitative estimate of drug-likeness (QED) is 0.824. The molecule has 2 aliphatic rings. The van der Waals surface area contributed by atoms with E-state index in [1.54, 1.807) is 0 Å². The van der Waals surface area contributed by atoms with Crippen LogP contribution in [0.2, 0.25) is 0 Å². The van der Waals surface area contributed by atoms with Crippen molar-refractivity contribution in [3.8, 4) is 0 Å². The number of nitrogens with one attached hydrogen (secondary N) is 2. The third kappa shape index (κ3) is 2.59. The van der Waals surface area contributed by atoms with Crippen LogP contribution in [-0.2, 0) is 0 Å². The van der Waals surface area contributed by atoms with Gasteiger partial charge in [-0.1, -0.05) is 42.0 Å². The van der Waals surface area contributed by atoms with Crippen molar-refractivity contribution in [3.05, 3.63) is 41.5 Å². The first-order valence-electron chi connectivity index (χ1n) is 6.53. The zero-order valence-corrected chi connectivity index (χ0v) is 10.3. The summed E-state index contributed by atoms with van der Waals surface area (Å²) in [4.78, 5) is 0. The van der Waals surface area contributed by atoms with E-state index < -0.39 is 0 Å². The number of rotatable bonds is 4. The van der Waals surface area contributed by atoms with Gasteiger partial charge in [0.2, 0.25) is 0 Å². The smallest absolute Gasteiger partial charge is 0.0320 e. The Balaban J connectivity index is 1.57. The van der Waals surface area contributed by atoms with Crippen LogP contribution in [0.15, 0.2) is 35.9 Å². The van der Waals surface area contributed by atoms with E-state index in [4.69, 9.17) is 0 Å². The molecule has 1 aromatic carbocycles. The van der Waals surface area contributed by atoms with Crippen molar-refractivity contribution in [3.63, 3.8) is 0 Å². The summed E-state index contributed by atoms with van der Waals surface area (Å²) in [6, 6.07) is 12.0. The highest BCUT2D eigenvalue weighted by Gasteiger charge is 2.39. The molecule has 1 heterocycles. The van der Waals surface area contributed by atoms with E-state index in [9.17, 15) is 0 Å². The fraction of sp³-hybridized carbons (Fsp3) is 0.467. The molecule has 0 bridgehead atoms. The molecular formula is C15H20N2. The molecule has 0 radical (unpaired) electrons. The summed E-state index contributed by atoms with van der Waals surface area (Å²) in [5.74, 6) is 0.760. The van der Waals surface area contributed by atoms with Crippen LogP contribution in [0.25, 0.3) is 6.08 Å². The summed E-state index contributed by atoms with van der Waals surface area (Å²) in [7, 11) is 0. The maximum atomic E-state index is 3.70. The highest BCUT2D eigenvalue weighted by atomic mass is 15.1. The Labute approximate surface area is 103 Å². The first-order chi connectivity index (χ1) is 8.33. The minimum absolute atomic E-state index is 0.717. The Kier molecular flexibility index (Phi) is 3.00. The zero-order valence-electron chi connectivity index (χ0n) is 10.3. The Morgan fingerprint density at radius 1 is 1.29 bits per heavy atom. The largest absolute Gasteiger partial charge is 0.314 e. The van der Waals surface area contributed by atoms with Gasteiger partial charge in [-0.05, 0) is 24.8 Å². The summed E-state index contributed by atoms with van der Waals surface area (Å²) in [5, 5.41) is 7.00. The molecule has 2 nitrogen and oxygen atoms in total. The predicted octanol–water partition coefficient (Wildman–Crippen LogP) is 2.04. The van der Waals surface area contributed by atoms with Crippen molar-refractivity contribution in [1.82, 2.24) is 10.6 Å². The molecule has 2 heteroatoms. The molecule has 0 spiro atoms. The highest BCUT2D eigenvalue weighted by molar-refractivity contribution is 5.53. The van der Waals surface area contributed by atoms with Gasteiger partial charge in [0.25, 0.3) is 0 Å². The number of benzene rings is 1. The summed E-state index contributed by atoms with van der Waals surface area (Å²) in [5.41, 5.74) is 2.84. The van der Waals surface area contributed by atoms with Gasteiger partial charge in [0.15, 0.2) is 0 Å². The van der Waals surface area contributed by atoms with Crippen LogP contribution in [-0.4, -0.2) is 25.2 Å². The lowest BCUT2D eigenvalue weighted by Gasteiger charge is -2.28. The summed E-state index contributed by atoms with van der Waals surface area (Å²) < 4.78 is 0. The second kappa shape index (κ2) is 4.63. The Hall–Kier alpha value is -1.12.